The molecule has 0 bridgehead atoms. The van der Waals surface area contributed by atoms with Gasteiger partial charge in [0.15, 0.2) is 15.2 Å². The third-order valence-corrected chi connectivity index (χ3v) is 4.31. The van der Waals surface area contributed by atoms with Gasteiger partial charge in [0.2, 0.25) is 0 Å². The van der Waals surface area contributed by atoms with Crippen LogP contribution in [0.1, 0.15) is 21.3 Å². The zero-order chi connectivity index (χ0) is 15.4. The lowest BCUT2D eigenvalue weighted by Gasteiger charge is -2.15. The minimum absolute atomic E-state index is 0.0714. The fraction of sp³-hybridized carbons (Fsp3) is 0.231. The summed E-state index contributed by atoms with van der Waals surface area (Å²) in [6.45, 7) is -0.146. The van der Waals surface area contributed by atoms with Gasteiger partial charge < -0.3 is 15.2 Å². The lowest BCUT2D eigenvalue weighted by molar-refractivity contribution is 0.0606. The highest BCUT2D eigenvalue weighted by Gasteiger charge is 2.19. The van der Waals surface area contributed by atoms with Gasteiger partial charge in [0.25, 0.3) is 0 Å². The number of anilines is 1. The Morgan fingerprint density at radius 1 is 1.43 bits per heavy atom. The molecule has 1 aromatic carbocycles. The van der Waals surface area contributed by atoms with E-state index < -0.39 is 5.97 Å². The molecule has 0 aliphatic rings. The first-order valence-corrected chi connectivity index (χ1v) is 7.50. The van der Waals surface area contributed by atoms with E-state index >= 15 is 0 Å². The Morgan fingerprint density at radius 3 is 2.67 bits per heavy atom. The van der Waals surface area contributed by atoms with Gasteiger partial charge in [-0.3, -0.25) is 0 Å². The van der Waals surface area contributed by atoms with Crippen molar-refractivity contribution >= 4 is 45.6 Å². The first kappa shape index (κ1) is 16.0. The number of rotatable bonds is 5. The Morgan fingerprint density at radius 2 is 2.10 bits per heavy atom. The maximum absolute atomic E-state index is 11.5. The number of thiazole rings is 1. The zero-order valence-electron chi connectivity index (χ0n) is 11.0. The SMILES string of the molecule is COC(=O)c1sc(NC(CO)c2ccc(Cl)cc2)nc1Cl. The van der Waals surface area contributed by atoms with E-state index in [2.05, 4.69) is 15.0 Å². The number of ether oxygens (including phenoxy) is 1. The van der Waals surface area contributed by atoms with E-state index in [0.29, 0.717) is 10.2 Å². The molecule has 1 unspecified atom stereocenters. The third kappa shape index (κ3) is 3.85. The molecule has 0 aliphatic carbocycles. The lowest BCUT2D eigenvalue weighted by Crippen LogP contribution is -2.14. The number of halogens is 2. The van der Waals surface area contributed by atoms with Gasteiger partial charge in [-0.25, -0.2) is 9.78 Å². The van der Waals surface area contributed by atoms with Crippen LogP contribution in [0.25, 0.3) is 0 Å². The first-order valence-electron chi connectivity index (χ1n) is 5.92. The molecule has 112 valence electrons. The summed E-state index contributed by atoms with van der Waals surface area (Å²) < 4.78 is 4.61. The van der Waals surface area contributed by atoms with Crippen molar-refractivity contribution in [3.8, 4) is 0 Å². The van der Waals surface area contributed by atoms with E-state index in [1.165, 1.54) is 7.11 Å². The van der Waals surface area contributed by atoms with Crippen LogP contribution in [0.4, 0.5) is 5.13 Å². The largest absolute Gasteiger partial charge is 0.465 e. The van der Waals surface area contributed by atoms with Gasteiger partial charge in [0.05, 0.1) is 19.8 Å². The van der Waals surface area contributed by atoms with Crippen LogP contribution in [0.2, 0.25) is 10.2 Å². The van der Waals surface area contributed by atoms with Gasteiger partial charge in [0.1, 0.15) is 0 Å². The minimum Gasteiger partial charge on any atom is -0.465 e. The summed E-state index contributed by atoms with van der Waals surface area (Å²) in [4.78, 5) is 15.7. The number of esters is 1. The molecule has 0 fully saturated rings. The van der Waals surface area contributed by atoms with Crippen molar-refractivity contribution in [2.45, 2.75) is 6.04 Å². The number of carbonyl (C=O) groups excluding carboxylic acids is 1. The fourth-order valence-corrected chi connectivity index (χ4v) is 2.94. The second-order valence-corrected chi connectivity index (χ2v) is 5.86. The summed E-state index contributed by atoms with van der Waals surface area (Å²) in [6.07, 6.45) is 0. The molecule has 1 aromatic heterocycles. The normalized spacial score (nSPS) is 12.0. The van der Waals surface area contributed by atoms with Crippen LogP contribution in [0, 0.1) is 0 Å². The van der Waals surface area contributed by atoms with Crippen molar-refractivity contribution in [3.05, 3.63) is 44.9 Å². The Balaban J connectivity index is 2.19. The Kier molecular flexibility index (Phi) is 5.41. The number of hydrogen-bond donors (Lipinski definition) is 2. The van der Waals surface area contributed by atoms with Gasteiger partial charge in [-0.05, 0) is 17.7 Å². The van der Waals surface area contributed by atoms with Crippen LogP contribution in [0.3, 0.4) is 0 Å². The molecule has 0 amide bonds. The topological polar surface area (TPSA) is 71.5 Å². The van der Waals surface area contributed by atoms with Crippen molar-refractivity contribution in [2.24, 2.45) is 0 Å². The van der Waals surface area contributed by atoms with Crippen molar-refractivity contribution in [1.82, 2.24) is 4.98 Å². The quantitative estimate of drug-likeness (QED) is 0.812. The van der Waals surface area contributed by atoms with E-state index in [0.717, 1.165) is 16.9 Å². The maximum Gasteiger partial charge on any atom is 0.351 e. The number of nitrogens with zero attached hydrogens (tertiary/aromatic N) is 1. The summed E-state index contributed by atoms with van der Waals surface area (Å²) >= 11 is 12.8. The second-order valence-electron chi connectivity index (χ2n) is 4.06. The highest BCUT2D eigenvalue weighted by atomic mass is 35.5. The molecule has 0 spiro atoms. The number of nitrogens with one attached hydrogen (secondary N) is 1. The molecular weight excluding hydrogens is 335 g/mol. The van der Waals surface area contributed by atoms with E-state index in [1.807, 2.05) is 0 Å². The predicted molar refractivity (Wildman–Crippen MR) is 83.4 cm³/mol. The smallest absolute Gasteiger partial charge is 0.351 e. The number of methoxy groups -OCH3 is 1. The van der Waals surface area contributed by atoms with Crippen LogP contribution in [-0.2, 0) is 4.74 Å². The molecule has 0 saturated heterocycles. The molecule has 8 heteroatoms. The van der Waals surface area contributed by atoms with Crippen molar-refractivity contribution < 1.29 is 14.6 Å². The van der Waals surface area contributed by atoms with Crippen LogP contribution < -0.4 is 5.32 Å². The second kappa shape index (κ2) is 7.09. The minimum atomic E-state index is -0.544. The predicted octanol–water partition coefficient (Wildman–Crippen LogP) is 3.38. The molecule has 2 aromatic rings. The summed E-state index contributed by atoms with van der Waals surface area (Å²) in [6, 6.07) is 6.68. The maximum atomic E-state index is 11.5. The van der Waals surface area contributed by atoms with E-state index in [-0.39, 0.29) is 22.7 Å². The standard InChI is InChI=1S/C13H12Cl2N2O3S/c1-20-12(19)10-11(15)17-13(21-10)16-9(6-18)7-2-4-8(14)5-3-7/h2-5,9,18H,6H2,1H3,(H,16,17). The van der Waals surface area contributed by atoms with Gasteiger partial charge in [-0.1, -0.05) is 46.7 Å². The van der Waals surface area contributed by atoms with Crippen LogP contribution in [0.5, 0.6) is 0 Å². The van der Waals surface area contributed by atoms with Gasteiger partial charge in [-0.2, -0.15) is 0 Å². The molecular formula is C13H12Cl2N2O3S. The van der Waals surface area contributed by atoms with Gasteiger partial charge in [-0.15, -0.1) is 0 Å². The summed E-state index contributed by atoms with van der Waals surface area (Å²) in [5.41, 5.74) is 0.841. The molecule has 2 N–H and O–H groups in total. The molecule has 0 radical (unpaired) electrons. The highest BCUT2D eigenvalue weighted by Crippen LogP contribution is 2.30. The van der Waals surface area contributed by atoms with E-state index in [4.69, 9.17) is 23.2 Å². The average Bonchev–Trinajstić information content (AvgIpc) is 2.85. The number of aromatic nitrogens is 1. The number of aliphatic hydroxyl groups excluding tert-OH is 1. The average molecular weight is 347 g/mol. The Labute approximate surface area is 135 Å². The van der Waals surface area contributed by atoms with Crippen molar-refractivity contribution in [1.29, 1.82) is 0 Å². The van der Waals surface area contributed by atoms with Gasteiger partial charge in [0, 0.05) is 5.02 Å². The molecule has 0 saturated carbocycles. The van der Waals surface area contributed by atoms with Crippen LogP contribution >= 0.6 is 34.5 Å². The first-order chi connectivity index (χ1) is 10.0. The molecule has 2 rings (SSSR count). The summed E-state index contributed by atoms with van der Waals surface area (Å²) in [5, 5.41) is 13.6. The number of carbonyl (C=O) groups is 1. The van der Waals surface area contributed by atoms with E-state index in [9.17, 15) is 9.90 Å². The lowest BCUT2D eigenvalue weighted by atomic mass is 10.1. The van der Waals surface area contributed by atoms with Crippen LogP contribution in [0.15, 0.2) is 24.3 Å². The number of hydrogen-bond acceptors (Lipinski definition) is 6. The van der Waals surface area contributed by atoms with Crippen molar-refractivity contribution in [3.63, 3.8) is 0 Å². The van der Waals surface area contributed by atoms with Crippen molar-refractivity contribution in [2.75, 3.05) is 19.0 Å². The summed E-state index contributed by atoms with van der Waals surface area (Å²) in [7, 11) is 1.27. The molecule has 21 heavy (non-hydrogen) atoms. The molecule has 0 aliphatic heterocycles. The molecule has 1 heterocycles. The summed E-state index contributed by atoms with van der Waals surface area (Å²) in [5.74, 6) is -0.544. The van der Waals surface area contributed by atoms with E-state index in [1.54, 1.807) is 24.3 Å². The monoisotopic (exact) mass is 346 g/mol. The number of aliphatic hydroxyl groups is 1. The fourth-order valence-electron chi connectivity index (χ4n) is 1.66. The Hall–Kier alpha value is -1.34. The number of benzene rings is 1. The third-order valence-electron chi connectivity index (χ3n) is 2.71. The Bertz CT molecular complexity index is 631. The zero-order valence-corrected chi connectivity index (χ0v) is 13.3. The van der Waals surface area contributed by atoms with Gasteiger partial charge >= 0.3 is 5.97 Å². The molecule has 5 nitrogen and oxygen atoms in total. The highest BCUT2D eigenvalue weighted by molar-refractivity contribution is 7.18. The van der Waals surface area contributed by atoms with Crippen LogP contribution in [-0.4, -0.2) is 29.8 Å². The molecule has 1 atom stereocenters.